The number of methoxy groups -OCH3 is 3. The van der Waals surface area contributed by atoms with Gasteiger partial charge in [0.2, 0.25) is 11.7 Å². The van der Waals surface area contributed by atoms with E-state index in [9.17, 15) is 13.6 Å². The minimum atomic E-state index is -0.310. The first-order valence-electron chi connectivity index (χ1n) is 12.0. The standard InChI is InChI=1S/C29H30F2N2O4.ClH/c1-35-25-14-8-22(28(36-2)29(25)37-3)9-15-26(34)32-16-18-33(19-17-32)27(20-4-10-23(30)11-5-20)21-6-12-24(31)13-7-21;/h4-15,27H,16-19H2,1-3H3;1H. The van der Waals surface area contributed by atoms with Crippen LogP contribution < -0.4 is 14.2 Å². The maximum absolute atomic E-state index is 13.6. The molecule has 6 nitrogen and oxygen atoms in total. The van der Waals surface area contributed by atoms with Gasteiger partial charge in [0.05, 0.1) is 27.4 Å². The van der Waals surface area contributed by atoms with Crippen LogP contribution in [0.3, 0.4) is 0 Å². The summed E-state index contributed by atoms with van der Waals surface area (Å²) < 4.78 is 43.4. The fourth-order valence-corrected chi connectivity index (χ4v) is 4.63. The summed E-state index contributed by atoms with van der Waals surface area (Å²) in [5, 5.41) is 0. The van der Waals surface area contributed by atoms with Crippen LogP contribution in [0.2, 0.25) is 0 Å². The van der Waals surface area contributed by atoms with Crippen LogP contribution in [0, 0.1) is 11.6 Å². The van der Waals surface area contributed by atoms with E-state index >= 15 is 0 Å². The number of benzene rings is 3. The number of rotatable bonds is 8. The molecule has 38 heavy (non-hydrogen) atoms. The maximum atomic E-state index is 13.6. The molecule has 0 unspecified atom stereocenters. The molecule has 0 N–H and O–H groups in total. The Balaban J connectivity index is 0.00000400. The molecule has 0 bridgehead atoms. The first-order valence-corrected chi connectivity index (χ1v) is 12.0. The van der Waals surface area contributed by atoms with E-state index in [1.54, 1.807) is 54.5 Å². The lowest BCUT2D eigenvalue weighted by molar-refractivity contribution is -0.127. The molecule has 202 valence electrons. The van der Waals surface area contributed by atoms with Gasteiger partial charge in [-0.3, -0.25) is 9.69 Å². The highest BCUT2D eigenvalue weighted by Crippen LogP contribution is 2.40. The molecular weight excluding hydrogens is 514 g/mol. The minimum absolute atomic E-state index is 0. The van der Waals surface area contributed by atoms with Crippen molar-refractivity contribution in [3.8, 4) is 17.2 Å². The number of halogens is 3. The molecule has 0 spiro atoms. The van der Waals surface area contributed by atoms with Crippen molar-refractivity contribution in [3.63, 3.8) is 0 Å². The van der Waals surface area contributed by atoms with Crippen molar-refractivity contribution in [1.29, 1.82) is 0 Å². The summed E-state index contributed by atoms with van der Waals surface area (Å²) in [5.74, 6) is 0.746. The predicted octanol–water partition coefficient (Wildman–Crippen LogP) is 5.36. The van der Waals surface area contributed by atoms with Crippen LogP contribution in [-0.4, -0.2) is 63.2 Å². The molecule has 1 aliphatic rings. The third kappa shape index (κ3) is 6.44. The van der Waals surface area contributed by atoms with E-state index in [0.717, 1.165) is 11.1 Å². The van der Waals surface area contributed by atoms with Gasteiger partial charge in [-0.2, -0.15) is 0 Å². The highest BCUT2D eigenvalue weighted by molar-refractivity contribution is 5.92. The van der Waals surface area contributed by atoms with E-state index in [-0.39, 0.29) is 36.0 Å². The SMILES string of the molecule is COc1ccc(C=CC(=O)N2CCN(C(c3ccc(F)cc3)c3ccc(F)cc3)CC2)c(OC)c1OC.Cl. The Kier molecular flexibility index (Phi) is 10.1. The van der Waals surface area contributed by atoms with E-state index in [2.05, 4.69) is 4.90 Å². The van der Waals surface area contributed by atoms with Crippen molar-refractivity contribution >= 4 is 24.4 Å². The van der Waals surface area contributed by atoms with E-state index in [1.807, 2.05) is 0 Å². The van der Waals surface area contributed by atoms with Crippen LogP contribution in [0.5, 0.6) is 17.2 Å². The second-order valence-electron chi connectivity index (χ2n) is 8.62. The van der Waals surface area contributed by atoms with Crippen LogP contribution in [0.25, 0.3) is 6.08 Å². The molecule has 1 fully saturated rings. The molecule has 0 radical (unpaired) electrons. The van der Waals surface area contributed by atoms with Crippen molar-refractivity contribution in [2.75, 3.05) is 47.5 Å². The van der Waals surface area contributed by atoms with Gasteiger partial charge in [0.25, 0.3) is 0 Å². The highest BCUT2D eigenvalue weighted by Gasteiger charge is 2.28. The summed E-state index contributed by atoms with van der Waals surface area (Å²) >= 11 is 0. The van der Waals surface area contributed by atoms with Crippen molar-refractivity contribution in [3.05, 3.63) is 95.1 Å². The van der Waals surface area contributed by atoms with Crippen LogP contribution in [-0.2, 0) is 4.79 Å². The quantitative estimate of drug-likeness (QED) is 0.357. The van der Waals surface area contributed by atoms with Gasteiger partial charge < -0.3 is 19.1 Å². The Morgan fingerprint density at radius 2 is 1.29 bits per heavy atom. The molecule has 1 amide bonds. The molecule has 0 aromatic heterocycles. The number of hydrogen-bond donors (Lipinski definition) is 0. The Hall–Kier alpha value is -3.62. The fourth-order valence-electron chi connectivity index (χ4n) is 4.63. The first-order chi connectivity index (χ1) is 17.9. The normalized spacial score (nSPS) is 13.9. The highest BCUT2D eigenvalue weighted by atomic mass is 35.5. The molecule has 3 aromatic rings. The van der Waals surface area contributed by atoms with Crippen molar-refractivity contribution < 1.29 is 27.8 Å². The largest absolute Gasteiger partial charge is 0.493 e. The molecule has 1 heterocycles. The lowest BCUT2D eigenvalue weighted by Crippen LogP contribution is -2.49. The number of ether oxygens (including phenoxy) is 3. The second kappa shape index (κ2) is 13.3. The van der Waals surface area contributed by atoms with Crippen molar-refractivity contribution in [1.82, 2.24) is 9.80 Å². The maximum Gasteiger partial charge on any atom is 0.246 e. The third-order valence-corrected chi connectivity index (χ3v) is 6.50. The van der Waals surface area contributed by atoms with Gasteiger partial charge >= 0.3 is 0 Å². The van der Waals surface area contributed by atoms with Crippen molar-refractivity contribution in [2.24, 2.45) is 0 Å². The zero-order chi connectivity index (χ0) is 26.4. The first kappa shape index (κ1) is 28.9. The smallest absolute Gasteiger partial charge is 0.246 e. The summed E-state index contributed by atoms with van der Waals surface area (Å²) in [6, 6.07) is 16.1. The third-order valence-electron chi connectivity index (χ3n) is 6.50. The Labute approximate surface area is 227 Å². The van der Waals surface area contributed by atoms with E-state index in [0.29, 0.717) is 49.0 Å². The van der Waals surface area contributed by atoms with E-state index in [4.69, 9.17) is 14.2 Å². The van der Waals surface area contributed by atoms with Crippen molar-refractivity contribution in [2.45, 2.75) is 6.04 Å². The summed E-state index contributed by atoms with van der Waals surface area (Å²) in [6.45, 7) is 2.26. The van der Waals surface area contributed by atoms with Gasteiger partial charge in [0.1, 0.15) is 11.6 Å². The van der Waals surface area contributed by atoms with Gasteiger partial charge in [-0.1, -0.05) is 24.3 Å². The zero-order valence-corrected chi connectivity index (χ0v) is 22.3. The average molecular weight is 545 g/mol. The molecule has 1 aliphatic heterocycles. The molecule has 3 aromatic carbocycles. The summed E-state index contributed by atoms with van der Waals surface area (Å²) in [7, 11) is 4.62. The van der Waals surface area contributed by atoms with Crippen LogP contribution in [0.1, 0.15) is 22.7 Å². The predicted molar refractivity (Wildman–Crippen MR) is 145 cm³/mol. The number of hydrogen-bond acceptors (Lipinski definition) is 5. The van der Waals surface area contributed by atoms with E-state index < -0.39 is 0 Å². The van der Waals surface area contributed by atoms with E-state index in [1.165, 1.54) is 44.6 Å². The molecule has 9 heteroatoms. The number of piperazine rings is 1. The second-order valence-corrected chi connectivity index (χ2v) is 8.62. The van der Waals surface area contributed by atoms with Gasteiger partial charge in [-0.05, 0) is 53.6 Å². The zero-order valence-electron chi connectivity index (χ0n) is 21.5. The molecule has 0 atom stereocenters. The molecule has 0 saturated carbocycles. The lowest BCUT2D eigenvalue weighted by atomic mass is 9.96. The number of carbonyl (C=O) groups excluding carboxylic acids is 1. The number of nitrogens with zero attached hydrogens (tertiary/aromatic N) is 2. The van der Waals surface area contributed by atoms with Crippen LogP contribution in [0.4, 0.5) is 8.78 Å². The molecule has 0 aliphatic carbocycles. The number of carbonyl (C=O) groups is 1. The minimum Gasteiger partial charge on any atom is -0.493 e. The molecular formula is C29H31ClF2N2O4. The average Bonchev–Trinajstić information content (AvgIpc) is 2.93. The summed E-state index contributed by atoms with van der Waals surface area (Å²) in [4.78, 5) is 17.0. The van der Waals surface area contributed by atoms with Gasteiger partial charge in [0.15, 0.2) is 11.5 Å². The lowest BCUT2D eigenvalue weighted by Gasteiger charge is -2.39. The Bertz CT molecular complexity index is 1200. The molecule has 1 saturated heterocycles. The topological polar surface area (TPSA) is 51.2 Å². The number of amides is 1. The van der Waals surface area contributed by atoms with Gasteiger partial charge in [0, 0.05) is 37.8 Å². The molecule has 4 rings (SSSR count). The van der Waals surface area contributed by atoms with Gasteiger partial charge in [-0.25, -0.2) is 8.78 Å². The monoisotopic (exact) mass is 544 g/mol. The van der Waals surface area contributed by atoms with Crippen LogP contribution >= 0.6 is 12.4 Å². The summed E-state index contributed by atoms with van der Waals surface area (Å²) in [5.41, 5.74) is 2.52. The van der Waals surface area contributed by atoms with Gasteiger partial charge in [-0.15, -0.1) is 12.4 Å². The summed E-state index contributed by atoms with van der Waals surface area (Å²) in [6.07, 6.45) is 3.23. The Morgan fingerprint density at radius 3 is 1.76 bits per heavy atom. The fraction of sp³-hybridized carbons (Fsp3) is 0.276. The van der Waals surface area contributed by atoms with Crippen LogP contribution in [0.15, 0.2) is 66.7 Å². The Morgan fingerprint density at radius 1 is 0.763 bits per heavy atom.